The molecule has 0 saturated carbocycles. The summed E-state index contributed by atoms with van der Waals surface area (Å²) in [5.41, 5.74) is 11.5. The number of carbonyl (C=O) groups is 2. The minimum atomic E-state index is -0.400. The first kappa shape index (κ1) is 14.9. The molecule has 0 bridgehead atoms. The number of amides is 2. The maximum absolute atomic E-state index is 11.0. The Morgan fingerprint density at radius 3 is 1.20 bits per heavy atom. The number of benzene rings is 2. The van der Waals surface area contributed by atoms with Crippen LogP contribution in [0.5, 0.6) is 0 Å². The molecule has 2 aromatic rings. The number of hydrogen-bond acceptors (Lipinski definition) is 2. The molecule has 6 heteroatoms. The van der Waals surface area contributed by atoms with Gasteiger partial charge in [-0.1, -0.05) is 0 Å². The van der Waals surface area contributed by atoms with Gasteiger partial charge < -0.3 is 0 Å². The molecule has 0 radical (unpaired) electrons. The fourth-order valence-corrected chi connectivity index (χ4v) is 8.59. The quantitative estimate of drug-likeness (QED) is 0.668. The summed E-state index contributed by atoms with van der Waals surface area (Å²) in [6, 6.07) is 14.9. The summed E-state index contributed by atoms with van der Waals surface area (Å²) in [7, 11) is 0. The molecular weight excluding hydrogens is 378 g/mol. The summed E-state index contributed by atoms with van der Waals surface area (Å²) in [6.07, 6.45) is 0. The number of nitrogens with two attached hydrogens (primary N) is 2. The zero-order chi connectivity index (χ0) is 14.5. The Hall–Kier alpha value is -1.50. The van der Waals surface area contributed by atoms with Gasteiger partial charge in [0.1, 0.15) is 0 Å². The normalized spacial score (nSPS) is 10.6. The second-order valence-corrected chi connectivity index (χ2v) is 11.4. The molecule has 0 aliphatic rings. The van der Waals surface area contributed by atoms with E-state index in [1.165, 1.54) is 8.70 Å². The van der Waals surface area contributed by atoms with E-state index in [0.717, 1.165) is 0 Å². The van der Waals surface area contributed by atoms with Gasteiger partial charge in [0.15, 0.2) is 0 Å². The fraction of sp³-hybridized carbons (Fsp3) is 0. The number of hydrogen-bond donors (Lipinski definition) is 2. The maximum atomic E-state index is 11.0. The molecule has 4 nitrogen and oxygen atoms in total. The topological polar surface area (TPSA) is 86.2 Å². The van der Waals surface area contributed by atoms with Crippen molar-refractivity contribution >= 4 is 46.8 Å². The molecule has 0 aromatic heterocycles. The van der Waals surface area contributed by atoms with Crippen molar-refractivity contribution in [3.8, 4) is 0 Å². The molecule has 2 rings (SSSR count). The first-order valence-corrected chi connectivity index (χ1v) is 12.9. The van der Waals surface area contributed by atoms with Gasteiger partial charge in [-0.15, -0.1) is 0 Å². The van der Waals surface area contributed by atoms with Gasteiger partial charge in [0, 0.05) is 0 Å². The van der Waals surface area contributed by atoms with Gasteiger partial charge in [-0.05, 0) is 0 Å². The first-order valence-electron chi connectivity index (χ1n) is 5.78. The summed E-state index contributed by atoms with van der Waals surface area (Å²) in [4.78, 5) is 22.0. The molecule has 0 unspecified atom stereocenters. The third kappa shape index (κ3) is 3.99. The number of carbonyl (C=O) groups excluding carboxylic acids is 2. The van der Waals surface area contributed by atoms with Crippen molar-refractivity contribution in [1.82, 2.24) is 0 Å². The Labute approximate surface area is 127 Å². The Balaban J connectivity index is 2.12. The Morgan fingerprint density at radius 1 is 0.650 bits per heavy atom. The monoisotopic (exact) mass is 390 g/mol. The van der Waals surface area contributed by atoms with E-state index in [4.69, 9.17) is 11.5 Å². The molecule has 0 aliphatic carbocycles. The predicted molar refractivity (Wildman–Crippen MR) is 80.7 cm³/mol. The van der Waals surface area contributed by atoms with E-state index in [-0.39, 0.29) is 26.3 Å². The molecule has 0 spiro atoms. The van der Waals surface area contributed by atoms with Crippen LogP contribution >= 0.6 is 0 Å². The molecule has 2 aromatic carbocycles. The van der Waals surface area contributed by atoms with Crippen molar-refractivity contribution in [3.05, 3.63) is 59.7 Å². The van der Waals surface area contributed by atoms with Gasteiger partial charge in [-0.2, -0.15) is 0 Å². The first-order chi connectivity index (χ1) is 9.56. The van der Waals surface area contributed by atoms with E-state index in [2.05, 4.69) is 0 Å². The van der Waals surface area contributed by atoms with Crippen LogP contribution in [0.15, 0.2) is 48.5 Å². The summed E-state index contributed by atoms with van der Waals surface area (Å²) in [5, 5.41) is 0. The summed E-state index contributed by atoms with van der Waals surface area (Å²) in [6.45, 7) is 0. The molecule has 0 atom stereocenters. The van der Waals surface area contributed by atoms with Crippen molar-refractivity contribution in [3.63, 3.8) is 0 Å². The standard InChI is InChI=1S/C14H12As2N2O2/c17-13(19)9-1-5-11(6-2-9)15-16-12-7-3-10(4-8-12)14(18)20/h1-8H,(H2,17,19)(H2,18,20). The third-order valence-electron chi connectivity index (χ3n) is 2.58. The van der Waals surface area contributed by atoms with Crippen molar-refractivity contribution in [2.75, 3.05) is 0 Å². The molecule has 0 heterocycles. The molecule has 4 N–H and O–H groups in total. The zero-order valence-electron chi connectivity index (χ0n) is 10.5. The number of rotatable bonds is 4. The molecule has 0 fully saturated rings. The third-order valence-corrected chi connectivity index (χ3v) is 11.1. The van der Waals surface area contributed by atoms with Crippen molar-refractivity contribution in [2.24, 2.45) is 11.5 Å². The molecule has 0 aliphatic heterocycles. The van der Waals surface area contributed by atoms with Crippen molar-refractivity contribution in [2.45, 2.75) is 0 Å². The summed E-state index contributed by atoms with van der Waals surface area (Å²) >= 11 is 0.136. The second kappa shape index (κ2) is 6.78. The van der Waals surface area contributed by atoms with E-state index >= 15 is 0 Å². The van der Waals surface area contributed by atoms with Crippen LogP contribution in [0.2, 0.25) is 0 Å². The van der Waals surface area contributed by atoms with Crippen LogP contribution in [0, 0.1) is 0 Å². The Bertz CT molecular complexity index is 605. The van der Waals surface area contributed by atoms with Gasteiger partial charge in [-0.25, -0.2) is 0 Å². The van der Waals surface area contributed by atoms with E-state index in [9.17, 15) is 9.59 Å². The Kier molecular flexibility index (Phi) is 5.05. The van der Waals surface area contributed by atoms with E-state index in [1.807, 2.05) is 24.3 Å². The molecule has 0 saturated heterocycles. The van der Waals surface area contributed by atoms with E-state index in [0.29, 0.717) is 11.1 Å². The average molecular weight is 390 g/mol. The average Bonchev–Trinajstić information content (AvgIpc) is 2.46. The van der Waals surface area contributed by atoms with Crippen LogP contribution < -0.4 is 20.2 Å². The van der Waals surface area contributed by atoms with Gasteiger partial charge in [0.2, 0.25) is 0 Å². The predicted octanol–water partition coefficient (Wildman–Crippen LogP) is -0.841. The van der Waals surface area contributed by atoms with Crippen LogP contribution in [-0.2, 0) is 0 Å². The molecule has 100 valence electrons. The van der Waals surface area contributed by atoms with Gasteiger partial charge in [0.25, 0.3) is 0 Å². The van der Waals surface area contributed by atoms with Crippen molar-refractivity contribution < 1.29 is 9.59 Å². The minimum absolute atomic E-state index is 0.0681. The zero-order valence-corrected chi connectivity index (χ0v) is 14.2. The SMILES string of the molecule is NC(=O)c1ccc([As]=[As]c2ccc(C(N)=O)cc2)cc1. The Morgan fingerprint density at radius 2 is 0.950 bits per heavy atom. The fourth-order valence-electron chi connectivity index (χ4n) is 1.50. The van der Waals surface area contributed by atoms with Gasteiger partial charge in [-0.3, -0.25) is 0 Å². The second-order valence-electron chi connectivity index (χ2n) is 4.02. The number of primary amides is 2. The summed E-state index contributed by atoms with van der Waals surface area (Å²) in [5.74, 6) is -0.800. The van der Waals surface area contributed by atoms with Crippen LogP contribution in [-0.4, -0.2) is 38.1 Å². The molecular formula is C14H12As2N2O2. The molecule has 20 heavy (non-hydrogen) atoms. The summed E-state index contributed by atoms with van der Waals surface area (Å²) < 4.78 is 2.54. The van der Waals surface area contributed by atoms with Crippen molar-refractivity contribution in [1.29, 1.82) is 0 Å². The van der Waals surface area contributed by atoms with Crippen LogP contribution in [0.4, 0.5) is 0 Å². The van der Waals surface area contributed by atoms with Gasteiger partial charge >= 0.3 is 128 Å². The van der Waals surface area contributed by atoms with Gasteiger partial charge in [0.05, 0.1) is 0 Å². The van der Waals surface area contributed by atoms with Crippen LogP contribution in [0.3, 0.4) is 0 Å². The van der Waals surface area contributed by atoms with Crippen LogP contribution in [0.1, 0.15) is 20.7 Å². The van der Waals surface area contributed by atoms with E-state index in [1.54, 1.807) is 24.3 Å². The molecule has 2 amide bonds. The van der Waals surface area contributed by atoms with E-state index < -0.39 is 11.8 Å². The van der Waals surface area contributed by atoms with Crippen LogP contribution in [0.25, 0.3) is 0 Å².